The summed E-state index contributed by atoms with van der Waals surface area (Å²) in [6.07, 6.45) is 2.82. The summed E-state index contributed by atoms with van der Waals surface area (Å²) in [6, 6.07) is 9.89. The molecule has 0 saturated carbocycles. The first-order chi connectivity index (χ1) is 12.6. The van der Waals surface area contributed by atoms with E-state index in [-0.39, 0.29) is 18.2 Å². The zero-order chi connectivity index (χ0) is 18.5. The topological polar surface area (TPSA) is 67.2 Å². The van der Waals surface area contributed by atoms with Crippen LogP contribution in [0, 0.1) is 13.8 Å². The minimum atomic E-state index is -0.0713. The first-order valence-electron chi connectivity index (χ1n) is 9.21. The lowest BCUT2D eigenvalue weighted by molar-refractivity contribution is -0.130. The number of para-hydroxylation sites is 1. The average molecular weight is 354 g/mol. The quantitative estimate of drug-likeness (QED) is 0.864. The van der Waals surface area contributed by atoms with E-state index in [1.165, 1.54) is 0 Å². The minimum Gasteiger partial charge on any atom is -0.355 e. The van der Waals surface area contributed by atoms with Crippen molar-refractivity contribution >= 4 is 11.8 Å². The molecule has 1 N–H and O–H groups in total. The van der Waals surface area contributed by atoms with Crippen molar-refractivity contribution in [2.45, 2.75) is 39.5 Å². The molecule has 6 nitrogen and oxygen atoms in total. The molecule has 1 aromatic heterocycles. The molecule has 2 heterocycles. The van der Waals surface area contributed by atoms with Crippen LogP contribution in [-0.4, -0.2) is 46.1 Å². The summed E-state index contributed by atoms with van der Waals surface area (Å²) >= 11 is 0. The fourth-order valence-electron chi connectivity index (χ4n) is 3.41. The van der Waals surface area contributed by atoms with Crippen LogP contribution >= 0.6 is 0 Å². The standard InChI is InChI=1S/C20H26N4O2/c1-15-18(16(2)24(22-15)17-8-4-3-5-9-17)14-19(25)21-11-10-20(26)23-12-6-7-13-23/h3-5,8-9H,6-7,10-14H2,1-2H3,(H,21,25). The second kappa shape index (κ2) is 8.17. The van der Waals surface area contributed by atoms with Gasteiger partial charge >= 0.3 is 0 Å². The molecule has 0 aliphatic carbocycles. The summed E-state index contributed by atoms with van der Waals surface area (Å²) in [7, 11) is 0. The number of likely N-dealkylation sites (tertiary alicyclic amines) is 1. The van der Waals surface area contributed by atoms with E-state index in [1.54, 1.807) is 0 Å². The number of nitrogens with one attached hydrogen (secondary N) is 1. The van der Waals surface area contributed by atoms with Gasteiger partial charge in [-0.2, -0.15) is 5.10 Å². The molecular formula is C20H26N4O2. The number of aromatic nitrogens is 2. The van der Waals surface area contributed by atoms with Crippen molar-refractivity contribution < 1.29 is 9.59 Å². The van der Waals surface area contributed by atoms with Gasteiger partial charge in [-0.25, -0.2) is 4.68 Å². The molecule has 1 aliphatic heterocycles. The van der Waals surface area contributed by atoms with Gasteiger partial charge in [-0.05, 0) is 38.8 Å². The zero-order valence-electron chi connectivity index (χ0n) is 15.5. The van der Waals surface area contributed by atoms with E-state index in [0.717, 1.165) is 48.6 Å². The molecule has 2 aromatic rings. The maximum absolute atomic E-state index is 12.3. The van der Waals surface area contributed by atoms with Crippen molar-refractivity contribution in [3.05, 3.63) is 47.3 Å². The van der Waals surface area contributed by atoms with Crippen LogP contribution < -0.4 is 5.32 Å². The van der Waals surface area contributed by atoms with Crippen molar-refractivity contribution in [2.75, 3.05) is 19.6 Å². The Bertz CT molecular complexity index is 777. The Morgan fingerprint density at radius 3 is 2.50 bits per heavy atom. The predicted octanol–water partition coefficient (Wildman–Crippen LogP) is 2.16. The number of carbonyl (C=O) groups excluding carboxylic acids is 2. The molecule has 138 valence electrons. The molecule has 6 heteroatoms. The van der Waals surface area contributed by atoms with Gasteiger partial charge in [0.25, 0.3) is 0 Å². The number of aryl methyl sites for hydroxylation is 1. The van der Waals surface area contributed by atoms with E-state index >= 15 is 0 Å². The number of hydrogen-bond donors (Lipinski definition) is 1. The number of rotatable bonds is 6. The molecule has 1 aromatic carbocycles. The fourth-order valence-corrected chi connectivity index (χ4v) is 3.41. The molecule has 0 unspecified atom stereocenters. The smallest absolute Gasteiger partial charge is 0.224 e. The first-order valence-corrected chi connectivity index (χ1v) is 9.21. The largest absolute Gasteiger partial charge is 0.355 e. The Kier molecular flexibility index (Phi) is 5.71. The van der Waals surface area contributed by atoms with Crippen LogP contribution in [0.3, 0.4) is 0 Å². The van der Waals surface area contributed by atoms with Crippen molar-refractivity contribution in [1.29, 1.82) is 0 Å². The summed E-state index contributed by atoms with van der Waals surface area (Å²) in [5, 5.41) is 7.44. The van der Waals surface area contributed by atoms with Crippen LogP contribution in [-0.2, 0) is 16.0 Å². The highest BCUT2D eigenvalue weighted by Gasteiger charge is 2.18. The highest BCUT2D eigenvalue weighted by Crippen LogP contribution is 2.18. The van der Waals surface area contributed by atoms with Crippen molar-refractivity contribution in [3.63, 3.8) is 0 Å². The van der Waals surface area contributed by atoms with E-state index in [1.807, 2.05) is 53.8 Å². The summed E-state index contributed by atoms with van der Waals surface area (Å²) in [4.78, 5) is 26.2. The van der Waals surface area contributed by atoms with Crippen LogP contribution in [0.5, 0.6) is 0 Å². The SMILES string of the molecule is Cc1nn(-c2ccccc2)c(C)c1CC(=O)NCCC(=O)N1CCCC1. The first kappa shape index (κ1) is 18.2. The van der Waals surface area contributed by atoms with E-state index in [2.05, 4.69) is 10.4 Å². The van der Waals surface area contributed by atoms with Crippen molar-refractivity contribution in [2.24, 2.45) is 0 Å². The van der Waals surface area contributed by atoms with Crippen molar-refractivity contribution in [3.8, 4) is 5.69 Å². The molecule has 3 rings (SSSR count). The van der Waals surface area contributed by atoms with Gasteiger partial charge in [0.15, 0.2) is 0 Å². The van der Waals surface area contributed by atoms with Crippen LogP contribution in [0.15, 0.2) is 30.3 Å². The summed E-state index contributed by atoms with van der Waals surface area (Å²) in [5.74, 6) is 0.0603. The Balaban J connectivity index is 1.56. The molecule has 1 saturated heterocycles. The normalized spacial score (nSPS) is 13.8. The van der Waals surface area contributed by atoms with Crippen LogP contribution in [0.25, 0.3) is 5.69 Å². The van der Waals surface area contributed by atoms with E-state index < -0.39 is 0 Å². The highest BCUT2D eigenvalue weighted by molar-refractivity contribution is 5.81. The van der Waals surface area contributed by atoms with Crippen LogP contribution in [0.1, 0.15) is 36.2 Å². The maximum Gasteiger partial charge on any atom is 0.224 e. The monoisotopic (exact) mass is 354 g/mol. The molecule has 26 heavy (non-hydrogen) atoms. The molecule has 2 amide bonds. The third-order valence-corrected chi connectivity index (χ3v) is 4.90. The third kappa shape index (κ3) is 4.12. The van der Waals surface area contributed by atoms with Gasteiger partial charge in [0.05, 0.1) is 17.8 Å². The molecule has 0 atom stereocenters. The molecular weight excluding hydrogens is 328 g/mol. The van der Waals surface area contributed by atoms with Gasteiger partial charge in [0, 0.05) is 37.3 Å². The van der Waals surface area contributed by atoms with Crippen LogP contribution in [0.4, 0.5) is 0 Å². The predicted molar refractivity (Wildman–Crippen MR) is 100 cm³/mol. The van der Waals surface area contributed by atoms with Gasteiger partial charge in [0.1, 0.15) is 0 Å². The number of benzene rings is 1. The van der Waals surface area contributed by atoms with Gasteiger partial charge in [0.2, 0.25) is 11.8 Å². The Labute approximate surface area is 154 Å². The number of carbonyl (C=O) groups is 2. The second-order valence-electron chi connectivity index (χ2n) is 6.76. The van der Waals surface area contributed by atoms with Gasteiger partial charge in [-0.15, -0.1) is 0 Å². The van der Waals surface area contributed by atoms with E-state index in [4.69, 9.17) is 0 Å². The molecule has 1 fully saturated rings. The summed E-state index contributed by atoms with van der Waals surface area (Å²) in [5.41, 5.74) is 3.75. The fraction of sp³-hybridized carbons (Fsp3) is 0.450. The van der Waals surface area contributed by atoms with Crippen molar-refractivity contribution in [1.82, 2.24) is 20.0 Å². The lowest BCUT2D eigenvalue weighted by Crippen LogP contribution is -2.33. The minimum absolute atomic E-state index is 0.0713. The lowest BCUT2D eigenvalue weighted by Gasteiger charge is -2.15. The zero-order valence-corrected chi connectivity index (χ0v) is 15.5. The number of amides is 2. The van der Waals surface area contributed by atoms with E-state index in [0.29, 0.717) is 13.0 Å². The third-order valence-electron chi connectivity index (χ3n) is 4.90. The van der Waals surface area contributed by atoms with E-state index in [9.17, 15) is 9.59 Å². The van der Waals surface area contributed by atoms with Crippen LogP contribution in [0.2, 0.25) is 0 Å². The highest BCUT2D eigenvalue weighted by atomic mass is 16.2. The Morgan fingerprint density at radius 1 is 1.12 bits per heavy atom. The molecule has 0 radical (unpaired) electrons. The number of hydrogen-bond acceptors (Lipinski definition) is 3. The number of nitrogens with zero attached hydrogens (tertiary/aromatic N) is 3. The second-order valence-corrected chi connectivity index (χ2v) is 6.76. The maximum atomic E-state index is 12.3. The van der Waals surface area contributed by atoms with Gasteiger partial charge < -0.3 is 10.2 Å². The Hall–Kier alpha value is -2.63. The molecule has 0 bridgehead atoms. The Morgan fingerprint density at radius 2 is 1.81 bits per heavy atom. The summed E-state index contributed by atoms with van der Waals surface area (Å²) < 4.78 is 1.87. The lowest BCUT2D eigenvalue weighted by atomic mass is 10.1. The van der Waals surface area contributed by atoms with Gasteiger partial charge in [-0.3, -0.25) is 9.59 Å². The summed E-state index contributed by atoms with van der Waals surface area (Å²) in [6.45, 7) is 5.99. The molecule has 0 spiro atoms. The molecule has 1 aliphatic rings. The van der Waals surface area contributed by atoms with Gasteiger partial charge in [-0.1, -0.05) is 18.2 Å². The average Bonchev–Trinajstić information content (AvgIpc) is 3.27.